The summed E-state index contributed by atoms with van der Waals surface area (Å²) in [5.74, 6) is -0.507. The molecule has 0 aromatic heterocycles. The molecular formula is C9H7BrN2O2. The highest BCUT2D eigenvalue weighted by atomic mass is 79.9. The molecule has 2 amide bonds. The Morgan fingerprint density at radius 3 is 2.57 bits per heavy atom. The van der Waals surface area contributed by atoms with Crippen molar-refractivity contribution in [2.24, 2.45) is 0 Å². The Labute approximate surface area is 89.0 Å². The number of benzene rings is 1. The van der Waals surface area contributed by atoms with Gasteiger partial charge in [0.1, 0.15) is 6.42 Å². The molecule has 72 valence electrons. The zero-order valence-corrected chi connectivity index (χ0v) is 8.74. The second-order valence-corrected chi connectivity index (χ2v) is 3.75. The number of nitrogens with zero attached hydrogens (tertiary/aromatic N) is 1. The van der Waals surface area contributed by atoms with E-state index in [1.807, 2.05) is 12.1 Å². The molecule has 1 aromatic carbocycles. The average Bonchev–Trinajstić information content (AvgIpc) is 2.46. The monoisotopic (exact) mass is 254 g/mol. The topological polar surface area (TPSA) is 49.4 Å². The van der Waals surface area contributed by atoms with Gasteiger partial charge in [0.15, 0.2) is 0 Å². The molecule has 2 rings (SSSR count). The highest BCUT2D eigenvalue weighted by Crippen LogP contribution is 2.26. The maximum Gasteiger partial charge on any atom is 0.255 e. The second kappa shape index (κ2) is 3.42. The van der Waals surface area contributed by atoms with E-state index >= 15 is 0 Å². The van der Waals surface area contributed by atoms with Crippen molar-refractivity contribution < 1.29 is 9.59 Å². The Morgan fingerprint density at radius 1 is 1.29 bits per heavy atom. The van der Waals surface area contributed by atoms with Gasteiger partial charge >= 0.3 is 0 Å². The lowest BCUT2D eigenvalue weighted by Gasteiger charge is -2.16. The number of nitrogens with one attached hydrogen (secondary N) is 1. The van der Waals surface area contributed by atoms with E-state index in [9.17, 15) is 9.59 Å². The number of carbonyl (C=O) groups excluding carboxylic acids is 2. The molecule has 1 N–H and O–H groups in total. The van der Waals surface area contributed by atoms with Gasteiger partial charge in [0.25, 0.3) is 5.91 Å². The van der Waals surface area contributed by atoms with Crippen LogP contribution in [0.15, 0.2) is 28.7 Å². The summed E-state index contributed by atoms with van der Waals surface area (Å²) >= 11 is 3.31. The van der Waals surface area contributed by atoms with Crippen LogP contribution in [0.4, 0.5) is 5.69 Å². The summed E-state index contributed by atoms with van der Waals surface area (Å²) in [6, 6.07) is 7.22. The molecule has 1 aliphatic rings. The lowest BCUT2D eigenvalue weighted by atomic mass is 10.3. The van der Waals surface area contributed by atoms with Crippen molar-refractivity contribution in [2.75, 3.05) is 5.01 Å². The molecule has 0 spiro atoms. The van der Waals surface area contributed by atoms with Gasteiger partial charge in [-0.05, 0) is 28.1 Å². The van der Waals surface area contributed by atoms with Crippen LogP contribution >= 0.6 is 15.9 Å². The first-order valence-electron chi connectivity index (χ1n) is 4.05. The second-order valence-electron chi connectivity index (χ2n) is 2.89. The first-order chi connectivity index (χ1) is 6.68. The largest absolute Gasteiger partial charge is 0.273 e. The van der Waals surface area contributed by atoms with Crippen LogP contribution in [0, 0.1) is 0 Å². The molecule has 0 bridgehead atoms. The molecule has 5 heteroatoms. The van der Waals surface area contributed by atoms with Crippen molar-refractivity contribution in [3.8, 4) is 0 Å². The third kappa shape index (κ3) is 1.50. The summed E-state index contributed by atoms with van der Waals surface area (Å²) in [5, 5.41) is 1.26. The standard InChI is InChI=1S/C9H7BrN2O2/c10-6-3-1-2-4-7(6)12-9(14)5-8(13)11-12/h1-4H,5H2,(H,11,13). The zero-order chi connectivity index (χ0) is 10.1. The highest BCUT2D eigenvalue weighted by molar-refractivity contribution is 9.10. The highest BCUT2D eigenvalue weighted by Gasteiger charge is 2.28. The van der Waals surface area contributed by atoms with Crippen LogP contribution in [0.1, 0.15) is 6.42 Å². The van der Waals surface area contributed by atoms with E-state index < -0.39 is 0 Å². The Morgan fingerprint density at radius 2 is 2.00 bits per heavy atom. The Hall–Kier alpha value is -1.36. The van der Waals surface area contributed by atoms with Gasteiger partial charge in [-0.1, -0.05) is 12.1 Å². The lowest BCUT2D eigenvalue weighted by molar-refractivity contribution is -0.122. The Kier molecular flexibility index (Phi) is 2.25. The van der Waals surface area contributed by atoms with Crippen LogP contribution in [0.3, 0.4) is 0 Å². The van der Waals surface area contributed by atoms with Crippen molar-refractivity contribution in [3.63, 3.8) is 0 Å². The molecule has 14 heavy (non-hydrogen) atoms. The van der Waals surface area contributed by atoms with E-state index in [1.165, 1.54) is 5.01 Å². The van der Waals surface area contributed by atoms with Crippen LogP contribution in [0.2, 0.25) is 0 Å². The molecule has 0 aliphatic carbocycles. The van der Waals surface area contributed by atoms with E-state index in [0.717, 1.165) is 4.47 Å². The van der Waals surface area contributed by atoms with Crippen LogP contribution < -0.4 is 10.4 Å². The van der Waals surface area contributed by atoms with Gasteiger partial charge in [-0.3, -0.25) is 15.0 Å². The summed E-state index contributed by atoms with van der Waals surface area (Å²) in [4.78, 5) is 22.3. The number of halogens is 1. The van der Waals surface area contributed by atoms with Gasteiger partial charge in [-0.2, -0.15) is 0 Å². The lowest BCUT2D eigenvalue weighted by Crippen LogP contribution is -2.35. The maximum absolute atomic E-state index is 11.4. The van der Waals surface area contributed by atoms with Crippen molar-refractivity contribution in [3.05, 3.63) is 28.7 Å². The number of carbonyl (C=O) groups is 2. The first kappa shape index (κ1) is 9.21. The molecule has 1 aromatic rings. The van der Waals surface area contributed by atoms with Crippen LogP contribution in [-0.2, 0) is 9.59 Å². The normalized spacial score (nSPS) is 15.9. The zero-order valence-electron chi connectivity index (χ0n) is 7.16. The number of anilines is 1. The maximum atomic E-state index is 11.4. The number of hydrogen-bond donors (Lipinski definition) is 1. The summed E-state index contributed by atoms with van der Waals surface area (Å²) in [6.45, 7) is 0. The molecule has 0 unspecified atom stereocenters. The molecule has 1 saturated heterocycles. The predicted molar refractivity (Wildman–Crippen MR) is 54.4 cm³/mol. The van der Waals surface area contributed by atoms with Gasteiger partial charge in [0.05, 0.1) is 5.69 Å². The van der Waals surface area contributed by atoms with Gasteiger partial charge < -0.3 is 0 Å². The van der Waals surface area contributed by atoms with Crippen molar-refractivity contribution in [2.45, 2.75) is 6.42 Å². The predicted octanol–water partition coefficient (Wildman–Crippen LogP) is 1.22. The molecule has 0 atom stereocenters. The third-order valence-corrected chi connectivity index (χ3v) is 2.56. The minimum atomic E-state index is -0.272. The molecule has 4 nitrogen and oxygen atoms in total. The van der Waals surface area contributed by atoms with E-state index in [2.05, 4.69) is 21.4 Å². The minimum Gasteiger partial charge on any atom is -0.273 e. The number of amides is 2. The minimum absolute atomic E-state index is 0.0820. The summed E-state index contributed by atoms with van der Waals surface area (Å²) in [5.41, 5.74) is 3.13. The fourth-order valence-corrected chi connectivity index (χ4v) is 1.73. The van der Waals surface area contributed by atoms with Gasteiger partial charge in [0, 0.05) is 4.47 Å². The SMILES string of the molecule is O=C1CC(=O)N(c2ccccc2Br)N1. The number of rotatable bonds is 1. The summed E-state index contributed by atoms with van der Waals surface area (Å²) in [6.07, 6.45) is -0.0820. The van der Waals surface area contributed by atoms with E-state index in [4.69, 9.17) is 0 Å². The smallest absolute Gasteiger partial charge is 0.255 e. The summed E-state index contributed by atoms with van der Waals surface area (Å²) < 4.78 is 0.774. The van der Waals surface area contributed by atoms with Crippen molar-refractivity contribution in [1.29, 1.82) is 0 Å². The molecule has 0 saturated carbocycles. The third-order valence-electron chi connectivity index (χ3n) is 1.89. The number of hydrogen-bond acceptors (Lipinski definition) is 2. The molecule has 1 fully saturated rings. The number of para-hydroxylation sites is 1. The Balaban J connectivity index is 2.36. The molecule has 1 heterocycles. The van der Waals surface area contributed by atoms with Gasteiger partial charge in [0.2, 0.25) is 5.91 Å². The van der Waals surface area contributed by atoms with E-state index in [1.54, 1.807) is 12.1 Å². The molecular weight excluding hydrogens is 248 g/mol. The quantitative estimate of drug-likeness (QED) is 0.767. The van der Waals surface area contributed by atoms with E-state index in [-0.39, 0.29) is 18.2 Å². The van der Waals surface area contributed by atoms with E-state index in [0.29, 0.717) is 5.69 Å². The van der Waals surface area contributed by atoms with Crippen LogP contribution in [0.5, 0.6) is 0 Å². The fourth-order valence-electron chi connectivity index (χ4n) is 1.27. The van der Waals surface area contributed by atoms with Crippen LogP contribution in [0.25, 0.3) is 0 Å². The molecule has 1 aliphatic heterocycles. The van der Waals surface area contributed by atoms with Crippen molar-refractivity contribution in [1.82, 2.24) is 5.43 Å². The van der Waals surface area contributed by atoms with Crippen molar-refractivity contribution >= 4 is 33.4 Å². The first-order valence-corrected chi connectivity index (χ1v) is 4.85. The van der Waals surface area contributed by atoms with Gasteiger partial charge in [-0.15, -0.1) is 0 Å². The van der Waals surface area contributed by atoms with Gasteiger partial charge in [-0.25, -0.2) is 5.01 Å². The van der Waals surface area contributed by atoms with Crippen LogP contribution in [-0.4, -0.2) is 11.8 Å². The summed E-state index contributed by atoms with van der Waals surface area (Å²) in [7, 11) is 0. The number of hydrazine groups is 1. The Bertz CT molecular complexity index is 406. The fraction of sp³-hybridized carbons (Fsp3) is 0.111. The molecule has 0 radical (unpaired) electrons. The average molecular weight is 255 g/mol.